The average Bonchev–Trinajstić information content (AvgIpc) is 2.83. The topological polar surface area (TPSA) is 78.4 Å². The third-order valence-electron chi connectivity index (χ3n) is 4.81. The van der Waals surface area contributed by atoms with E-state index in [4.69, 9.17) is 4.99 Å². The molecule has 0 aliphatic heterocycles. The van der Waals surface area contributed by atoms with E-state index in [-0.39, 0.29) is 35.8 Å². The summed E-state index contributed by atoms with van der Waals surface area (Å²) in [6.07, 6.45) is 3.21. The number of hydrogen-bond acceptors (Lipinski definition) is 3. The van der Waals surface area contributed by atoms with Gasteiger partial charge in [-0.1, -0.05) is 60.7 Å². The Labute approximate surface area is 207 Å². The highest BCUT2D eigenvalue weighted by Crippen LogP contribution is 2.24. The lowest BCUT2D eigenvalue weighted by molar-refractivity contribution is 0.0954. The van der Waals surface area contributed by atoms with Crippen LogP contribution in [-0.4, -0.2) is 43.0 Å². The van der Waals surface area contributed by atoms with Crippen molar-refractivity contribution in [2.24, 2.45) is 4.99 Å². The zero-order chi connectivity index (χ0) is 21.7. The van der Waals surface area contributed by atoms with Crippen LogP contribution >= 0.6 is 24.0 Å². The minimum absolute atomic E-state index is 0. The van der Waals surface area contributed by atoms with Crippen LogP contribution in [0.2, 0.25) is 0 Å². The number of aliphatic imine (C=N–C) groups is 1. The smallest absolute Gasteiger partial charge is 0.252 e. The summed E-state index contributed by atoms with van der Waals surface area (Å²) in [5.74, 6) is 0.767. The lowest BCUT2D eigenvalue weighted by Crippen LogP contribution is -2.41. The molecule has 0 fully saturated rings. The van der Waals surface area contributed by atoms with E-state index in [1.54, 1.807) is 24.5 Å². The number of aromatic nitrogens is 1. The average molecular weight is 543 g/mol. The van der Waals surface area contributed by atoms with Gasteiger partial charge in [0.2, 0.25) is 0 Å². The molecule has 0 unspecified atom stereocenters. The Hall–Kier alpha value is -2.94. The monoisotopic (exact) mass is 543 g/mol. The highest BCUT2D eigenvalue weighted by Gasteiger charge is 2.13. The lowest BCUT2D eigenvalue weighted by atomic mass is 9.91. The second-order valence-electron chi connectivity index (χ2n) is 7.02. The van der Waals surface area contributed by atoms with Crippen LogP contribution in [0.25, 0.3) is 0 Å². The van der Waals surface area contributed by atoms with Crippen molar-refractivity contribution in [2.45, 2.75) is 12.8 Å². The molecule has 1 amide bonds. The SMILES string of the molecule is CCNC(=NCC(c1ccccc1)c1ccccc1)NCCNC(=O)c1cccnc1.I. The van der Waals surface area contributed by atoms with E-state index in [1.807, 2.05) is 19.1 Å². The van der Waals surface area contributed by atoms with Crippen molar-refractivity contribution in [3.63, 3.8) is 0 Å². The van der Waals surface area contributed by atoms with E-state index in [2.05, 4.69) is 69.5 Å². The van der Waals surface area contributed by atoms with Gasteiger partial charge >= 0.3 is 0 Å². The lowest BCUT2D eigenvalue weighted by Gasteiger charge is -2.18. The van der Waals surface area contributed by atoms with Crippen LogP contribution in [0.1, 0.15) is 34.3 Å². The van der Waals surface area contributed by atoms with Crippen LogP contribution in [0.4, 0.5) is 0 Å². The number of hydrogen-bond donors (Lipinski definition) is 3. The molecule has 1 heterocycles. The van der Waals surface area contributed by atoms with Gasteiger partial charge in [0.1, 0.15) is 0 Å². The van der Waals surface area contributed by atoms with Gasteiger partial charge in [-0.25, -0.2) is 0 Å². The second kappa shape index (κ2) is 14.2. The second-order valence-corrected chi connectivity index (χ2v) is 7.02. The Kier molecular flexibility index (Phi) is 11.2. The van der Waals surface area contributed by atoms with Gasteiger partial charge in [0.05, 0.1) is 12.1 Å². The van der Waals surface area contributed by atoms with Gasteiger partial charge in [-0.2, -0.15) is 0 Å². The molecular formula is C25H30IN5O. The van der Waals surface area contributed by atoms with E-state index in [0.717, 1.165) is 12.5 Å². The third-order valence-corrected chi connectivity index (χ3v) is 4.81. The molecule has 0 radical (unpaired) electrons. The van der Waals surface area contributed by atoms with Gasteiger partial charge in [-0.05, 0) is 30.2 Å². The molecule has 0 saturated carbocycles. The molecule has 0 aliphatic rings. The predicted molar refractivity (Wildman–Crippen MR) is 141 cm³/mol. The van der Waals surface area contributed by atoms with Crippen molar-refractivity contribution in [1.29, 1.82) is 0 Å². The maximum absolute atomic E-state index is 12.1. The number of pyridine rings is 1. The molecule has 0 aliphatic carbocycles. The molecule has 0 saturated heterocycles. The number of guanidine groups is 1. The van der Waals surface area contributed by atoms with Gasteiger partial charge in [0.15, 0.2) is 5.96 Å². The summed E-state index contributed by atoms with van der Waals surface area (Å²) in [5.41, 5.74) is 3.02. The molecular weight excluding hydrogens is 513 g/mol. The maximum Gasteiger partial charge on any atom is 0.252 e. The largest absolute Gasteiger partial charge is 0.357 e. The van der Waals surface area contributed by atoms with E-state index in [0.29, 0.717) is 25.2 Å². The highest BCUT2D eigenvalue weighted by molar-refractivity contribution is 14.0. The highest BCUT2D eigenvalue weighted by atomic mass is 127. The predicted octanol–water partition coefficient (Wildman–Crippen LogP) is 3.82. The molecule has 0 atom stereocenters. The first-order valence-corrected chi connectivity index (χ1v) is 10.6. The van der Waals surface area contributed by atoms with E-state index >= 15 is 0 Å². The number of nitrogens with one attached hydrogen (secondary N) is 3. The number of halogens is 1. The fourth-order valence-electron chi connectivity index (χ4n) is 3.25. The molecule has 2 aromatic carbocycles. The van der Waals surface area contributed by atoms with Gasteiger partial charge in [0.25, 0.3) is 5.91 Å². The maximum atomic E-state index is 12.1. The number of carbonyl (C=O) groups is 1. The fourth-order valence-corrected chi connectivity index (χ4v) is 3.25. The van der Waals surface area contributed by atoms with Gasteiger partial charge in [-0.3, -0.25) is 14.8 Å². The van der Waals surface area contributed by atoms with Crippen LogP contribution in [0.3, 0.4) is 0 Å². The summed E-state index contributed by atoms with van der Waals surface area (Å²) < 4.78 is 0. The molecule has 3 N–H and O–H groups in total. The first-order valence-electron chi connectivity index (χ1n) is 10.6. The minimum Gasteiger partial charge on any atom is -0.357 e. The third kappa shape index (κ3) is 7.96. The normalized spacial score (nSPS) is 10.9. The molecule has 3 rings (SSSR count). The number of benzene rings is 2. The summed E-state index contributed by atoms with van der Waals surface area (Å²) in [4.78, 5) is 20.9. The quantitative estimate of drug-likeness (QED) is 0.166. The van der Waals surface area contributed by atoms with E-state index < -0.39 is 0 Å². The summed E-state index contributed by atoms with van der Waals surface area (Å²) in [6.45, 7) is 4.46. The zero-order valence-electron chi connectivity index (χ0n) is 18.2. The fraction of sp³-hybridized carbons (Fsp3) is 0.240. The van der Waals surface area contributed by atoms with Crippen molar-refractivity contribution in [2.75, 3.05) is 26.2 Å². The molecule has 1 aromatic heterocycles. The molecule has 168 valence electrons. The van der Waals surface area contributed by atoms with Crippen LogP contribution in [0.15, 0.2) is 90.2 Å². The van der Waals surface area contributed by atoms with Crippen molar-refractivity contribution >= 4 is 35.8 Å². The van der Waals surface area contributed by atoms with E-state index in [1.165, 1.54) is 11.1 Å². The Morgan fingerprint density at radius 2 is 1.50 bits per heavy atom. The van der Waals surface area contributed by atoms with Crippen molar-refractivity contribution in [1.82, 2.24) is 20.9 Å². The van der Waals surface area contributed by atoms with Crippen molar-refractivity contribution in [3.05, 3.63) is 102 Å². The summed E-state index contributed by atoms with van der Waals surface area (Å²) >= 11 is 0. The first kappa shape index (κ1) is 25.3. The van der Waals surface area contributed by atoms with Crippen LogP contribution in [-0.2, 0) is 0 Å². The summed E-state index contributed by atoms with van der Waals surface area (Å²) in [7, 11) is 0. The molecule has 6 nitrogen and oxygen atoms in total. The molecule has 0 bridgehead atoms. The molecule has 3 aromatic rings. The number of amides is 1. The zero-order valence-corrected chi connectivity index (χ0v) is 20.5. The first-order chi connectivity index (χ1) is 15.3. The summed E-state index contributed by atoms with van der Waals surface area (Å²) in [6, 6.07) is 24.3. The van der Waals surface area contributed by atoms with Gasteiger partial charge in [0, 0.05) is 37.9 Å². The van der Waals surface area contributed by atoms with Crippen LogP contribution < -0.4 is 16.0 Å². The Morgan fingerprint density at radius 3 is 2.06 bits per heavy atom. The molecule has 7 heteroatoms. The Morgan fingerprint density at radius 1 is 0.875 bits per heavy atom. The van der Waals surface area contributed by atoms with Crippen LogP contribution in [0, 0.1) is 0 Å². The Bertz CT molecular complexity index is 912. The van der Waals surface area contributed by atoms with Crippen molar-refractivity contribution in [3.8, 4) is 0 Å². The van der Waals surface area contributed by atoms with Gasteiger partial charge in [-0.15, -0.1) is 24.0 Å². The molecule has 0 spiro atoms. The van der Waals surface area contributed by atoms with Crippen molar-refractivity contribution < 1.29 is 4.79 Å². The number of rotatable bonds is 9. The van der Waals surface area contributed by atoms with Gasteiger partial charge < -0.3 is 16.0 Å². The summed E-state index contributed by atoms with van der Waals surface area (Å²) in [5, 5.41) is 9.46. The van der Waals surface area contributed by atoms with E-state index in [9.17, 15) is 4.79 Å². The number of carbonyl (C=O) groups excluding carboxylic acids is 1. The standard InChI is InChI=1S/C25H29N5O.HI/c1-2-27-25(29-17-16-28-24(31)22-14-9-15-26-18-22)30-19-23(20-10-5-3-6-11-20)21-12-7-4-8-13-21;/h3-15,18,23H,2,16-17,19H2,1H3,(H,28,31)(H2,27,29,30);1H. The Balaban J connectivity index is 0.00000363. The minimum atomic E-state index is -0.134. The van der Waals surface area contributed by atoms with Crippen LogP contribution in [0.5, 0.6) is 0 Å². The molecule has 32 heavy (non-hydrogen) atoms. The number of nitrogens with zero attached hydrogens (tertiary/aromatic N) is 2.